The zero-order valence-corrected chi connectivity index (χ0v) is 13.2. The van der Waals surface area contributed by atoms with Crippen molar-refractivity contribution in [1.82, 2.24) is 4.90 Å². The number of hydrogen-bond donors (Lipinski definition) is 0. The highest BCUT2D eigenvalue weighted by atomic mass is 16.5. The maximum absolute atomic E-state index is 12.7. The molecule has 0 bridgehead atoms. The Balaban J connectivity index is 1.36. The number of nitrogens with zero attached hydrogens (tertiary/aromatic N) is 1. The lowest BCUT2D eigenvalue weighted by Crippen LogP contribution is -2.46. The van der Waals surface area contributed by atoms with Gasteiger partial charge in [-0.1, -0.05) is 24.3 Å². The second-order valence-corrected chi connectivity index (χ2v) is 7.15. The van der Waals surface area contributed by atoms with Crippen LogP contribution in [0, 0.1) is 0 Å². The van der Waals surface area contributed by atoms with E-state index < -0.39 is 0 Å². The third kappa shape index (κ3) is 2.56. The van der Waals surface area contributed by atoms with E-state index in [1.165, 1.54) is 24.0 Å². The molecule has 1 aromatic carbocycles. The second kappa shape index (κ2) is 5.69. The van der Waals surface area contributed by atoms with Gasteiger partial charge >= 0.3 is 0 Å². The molecule has 4 rings (SSSR count). The zero-order valence-electron chi connectivity index (χ0n) is 13.2. The Labute approximate surface area is 132 Å². The fraction of sp³-hybridized carbons (Fsp3) is 0.632. The van der Waals surface area contributed by atoms with Crippen molar-refractivity contribution in [1.29, 1.82) is 0 Å². The molecule has 118 valence electrons. The van der Waals surface area contributed by atoms with Gasteiger partial charge < -0.3 is 9.64 Å². The van der Waals surface area contributed by atoms with E-state index in [0.717, 1.165) is 45.4 Å². The number of likely N-dealkylation sites (tertiary alicyclic amines) is 1. The summed E-state index contributed by atoms with van der Waals surface area (Å²) in [5, 5.41) is 0. The molecule has 0 N–H and O–H groups in total. The van der Waals surface area contributed by atoms with Gasteiger partial charge in [-0.15, -0.1) is 0 Å². The highest BCUT2D eigenvalue weighted by Gasteiger charge is 2.39. The van der Waals surface area contributed by atoms with Crippen LogP contribution in [0.15, 0.2) is 24.3 Å². The molecule has 1 atom stereocenters. The van der Waals surface area contributed by atoms with Gasteiger partial charge in [-0.05, 0) is 55.6 Å². The summed E-state index contributed by atoms with van der Waals surface area (Å²) in [6.07, 6.45) is 7.37. The normalized spacial score (nSPS) is 26.4. The molecule has 2 saturated heterocycles. The number of aryl methyl sites for hydroxylation is 1. The van der Waals surface area contributed by atoms with Crippen molar-refractivity contribution in [3.05, 3.63) is 35.4 Å². The number of carbonyl (C=O) groups excluding carboxylic acids is 1. The second-order valence-electron chi connectivity index (χ2n) is 7.15. The monoisotopic (exact) mass is 299 g/mol. The first-order valence-corrected chi connectivity index (χ1v) is 8.75. The first-order valence-electron chi connectivity index (χ1n) is 8.75. The Kier molecular flexibility index (Phi) is 3.69. The van der Waals surface area contributed by atoms with Crippen molar-refractivity contribution in [2.24, 2.45) is 0 Å². The Bertz CT molecular complexity index is 552. The molecule has 1 amide bonds. The van der Waals surface area contributed by atoms with E-state index in [-0.39, 0.29) is 5.60 Å². The molecule has 2 heterocycles. The molecule has 0 saturated carbocycles. The van der Waals surface area contributed by atoms with Crippen LogP contribution in [0.25, 0.3) is 0 Å². The van der Waals surface area contributed by atoms with E-state index in [1.807, 2.05) is 0 Å². The maximum atomic E-state index is 12.7. The number of amides is 1. The van der Waals surface area contributed by atoms with Gasteiger partial charge in [-0.3, -0.25) is 4.79 Å². The third-order valence-corrected chi connectivity index (χ3v) is 5.89. The van der Waals surface area contributed by atoms with Crippen molar-refractivity contribution in [2.45, 2.75) is 56.5 Å². The Morgan fingerprint density at radius 3 is 2.82 bits per heavy atom. The molecule has 3 heteroatoms. The SMILES string of the molecule is O=C(C[C@H]1CCc2ccccc21)N1CCC2(CCCO2)CC1. The van der Waals surface area contributed by atoms with Crippen molar-refractivity contribution < 1.29 is 9.53 Å². The van der Waals surface area contributed by atoms with Crippen molar-refractivity contribution in [3.8, 4) is 0 Å². The minimum absolute atomic E-state index is 0.108. The molecule has 3 nitrogen and oxygen atoms in total. The minimum atomic E-state index is 0.108. The van der Waals surface area contributed by atoms with Crippen molar-refractivity contribution in [2.75, 3.05) is 19.7 Å². The molecule has 1 aromatic rings. The summed E-state index contributed by atoms with van der Waals surface area (Å²) >= 11 is 0. The van der Waals surface area contributed by atoms with Gasteiger partial charge in [0.05, 0.1) is 5.60 Å². The minimum Gasteiger partial charge on any atom is -0.375 e. The maximum Gasteiger partial charge on any atom is 0.223 e. The summed E-state index contributed by atoms with van der Waals surface area (Å²) in [6.45, 7) is 2.67. The molecule has 0 unspecified atom stereocenters. The summed E-state index contributed by atoms with van der Waals surface area (Å²) in [5.74, 6) is 0.775. The van der Waals surface area contributed by atoms with E-state index in [2.05, 4.69) is 29.2 Å². The van der Waals surface area contributed by atoms with Gasteiger partial charge in [-0.25, -0.2) is 0 Å². The standard InChI is InChI=1S/C19H25NO2/c21-18(14-16-7-6-15-4-1-2-5-17(15)16)20-11-9-19(10-12-20)8-3-13-22-19/h1-2,4-5,16H,3,6-14H2/t16-/m1/s1. The fourth-order valence-corrected chi connectivity index (χ4v) is 4.51. The van der Waals surface area contributed by atoms with Crippen LogP contribution in [-0.4, -0.2) is 36.1 Å². The molecule has 3 aliphatic rings. The van der Waals surface area contributed by atoms with E-state index >= 15 is 0 Å². The van der Waals surface area contributed by atoms with Crippen LogP contribution in [0.5, 0.6) is 0 Å². The highest BCUT2D eigenvalue weighted by Crippen LogP contribution is 2.38. The molecule has 0 aromatic heterocycles. The lowest BCUT2D eigenvalue weighted by Gasteiger charge is -2.39. The Hall–Kier alpha value is -1.35. The lowest BCUT2D eigenvalue weighted by molar-refractivity contribution is -0.136. The van der Waals surface area contributed by atoms with Gasteiger partial charge in [0.15, 0.2) is 0 Å². The summed E-state index contributed by atoms with van der Waals surface area (Å²) in [4.78, 5) is 14.7. The van der Waals surface area contributed by atoms with E-state index in [4.69, 9.17) is 4.74 Å². The van der Waals surface area contributed by atoms with Crippen LogP contribution >= 0.6 is 0 Å². The molecule has 1 spiro atoms. The Morgan fingerprint density at radius 2 is 2.05 bits per heavy atom. The van der Waals surface area contributed by atoms with Crippen molar-refractivity contribution >= 4 is 5.91 Å². The number of hydrogen-bond acceptors (Lipinski definition) is 2. The quantitative estimate of drug-likeness (QED) is 0.839. The number of fused-ring (bicyclic) bond motifs is 1. The summed E-state index contributed by atoms with van der Waals surface area (Å²) in [6, 6.07) is 8.62. The summed E-state index contributed by atoms with van der Waals surface area (Å²) < 4.78 is 5.95. The third-order valence-electron chi connectivity index (χ3n) is 5.89. The fourth-order valence-electron chi connectivity index (χ4n) is 4.51. The highest BCUT2D eigenvalue weighted by molar-refractivity contribution is 5.77. The molecule has 2 fully saturated rings. The topological polar surface area (TPSA) is 29.5 Å². The van der Waals surface area contributed by atoms with Crippen LogP contribution in [0.3, 0.4) is 0 Å². The van der Waals surface area contributed by atoms with Crippen molar-refractivity contribution in [3.63, 3.8) is 0 Å². The molecule has 2 aliphatic heterocycles. The molecular formula is C19H25NO2. The number of carbonyl (C=O) groups is 1. The largest absolute Gasteiger partial charge is 0.375 e. The number of benzene rings is 1. The lowest BCUT2D eigenvalue weighted by atomic mass is 9.88. The van der Waals surface area contributed by atoms with Gasteiger partial charge in [0, 0.05) is 26.1 Å². The van der Waals surface area contributed by atoms with Gasteiger partial charge in [0.25, 0.3) is 0 Å². The predicted octanol–water partition coefficient (Wildman–Crippen LogP) is 3.28. The van der Waals surface area contributed by atoms with E-state index in [9.17, 15) is 4.79 Å². The molecule has 0 radical (unpaired) electrons. The van der Waals surface area contributed by atoms with Gasteiger partial charge in [-0.2, -0.15) is 0 Å². The average molecular weight is 299 g/mol. The average Bonchev–Trinajstić information content (AvgIpc) is 3.16. The molecule has 1 aliphatic carbocycles. The summed E-state index contributed by atoms with van der Waals surface area (Å²) in [5.41, 5.74) is 2.96. The summed E-state index contributed by atoms with van der Waals surface area (Å²) in [7, 11) is 0. The first-order chi connectivity index (χ1) is 10.8. The van der Waals surface area contributed by atoms with Crippen LogP contribution in [0.1, 0.15) is 55.6 Å². The van der Waals surface area contributed by atoms with Gasteiger partial charge in [0.2, 0.25) is 5.91 Å². The van der Waals surface area contributed by atoms with Gasteiger partial charge in [0.1, 0.15) is 0 Å². The van der Waals surface area contributed by atoms with Crippen LogP contribution in [-0.2, 0) is 16.0 Å². The first kappa shape index (κ1) is 14.3. The Morgan fingerprint density at radius 1 is 1.23 bits per heavy atom. The van der Waals surface area contributed by atoms with Crippen LogP contribution in [0.2, 0.25) is 0 Å². The predicted molar refractivity (Wildman–Crippen MR) is 85.9 cm³/mol. The number of ether oxygens (including phenoxy) is 1. The molecular weight excluding hydrogens is 274 g/mol. The van der Waals surface area contributed by atoms with Crippen LogP contribution < -0.4 is 0 Å². The number of piperidine rings is 1. The van der Waals surface area contributed by atoms with E-state index in [0.29, 0.717) is 18.2 Å². The molecule has 22 heavy (non-hydrogen) atoms. The van der Waals surface area contributed by atoms with Crippen LogP contribution in [0.4, 0.5) is 0 Å². The zero-order chi connectivity index (χ0) is 15.0. The van der Waals surface area contributed by atoms with E-state index in [1.54, 1.807) is 0 Å². The smallest absolute Gasteiger partial charge is 0.223 e. The number of rotatable bonds is 2.